The summed E-state index contributed by atoms with van der Waals surface area (Å²) in [5.74, 6) is 0.729. The third-order valence-electron chi connectivity index (χ3n) is 3.44. The van der Waals surface area contributed by atoms with Crippen LogP contribution >= 0.6 is 11.6 Å². The molecule has 8 nitrogen and oxygen atoms in total. The Labute approximate surface area is 167 Å². The minimum absolute atomic E-state index is 0.218. The first-order valence-electron chi connectivity index (χ1n) is 8.21. The number of halogens is 1. The predicted molar refractivity (Wildman–Crippen MR) is 105 cm³/mol. The van der Waals surface area contributed by atoms with Gasteiger partial charge in [0.05, 0.1) is 27.0 Å². The first-order valence-corrected chi connectivity index (χ1v) is 8.58. The molecule has 0 fully saturated rings. The first-order chi connectivity index (χ1) is 13.5. The zero-order chi connectivity index (χ0) is 20.4. The molecule has 0 aliphatic rings. The Morgan fingerprint density at radius 3 is 2.43 bits per heavy atom. The molecule has 0 aliphatic heterocycles. The molecule has 0 atom stereocenters. The lowest BCUT2D eigenvalue weighted by Gasteiger charge is -2.08. The third kappa shape index (κ3) is 6.81. The summed E-state index contributed by atoms with van der Waals surface area (Å²) < 4.78 is 15.6. The molecule has 0 bridgehead atoms. The molecule has 2 aromatic carbocycles. The summed E-state index contributed by atoms with van der Waals surface area (Å²) in [6.45, 7) is -0.449. The molecule has 0 radical (unpaired) electrons. The SMILES string of the molecule is COc1ccc(/C=N/NC(=O)CNC(=O)COc2ccc(Cl)cc2)cc1OC. The van der Waals surface area contributed by atoms with Crippen molar-refractivity contribution in [2.24, 2.45) is 5.10 Å². The molecular formula is C19H20ClN3O5. The number of hydrazone groups is 1. The Bertz CT molecular complexity index is 840. The topological polar surface area (TPSA) is 98.2 Å². The lowest BCUT2D eigenvalue weighted by atomic mass is 10.2. The van der Waals surface area contributed by atoms with E-state index in [1.165, 1.54) is 13.3 Å². The maximum Gasteiger partial charge on any atom is 0.259 e. The van der Waals surface area contributed by atoms with E-state index < -0.39 is 11.8 Å². The minimum Gasteiger partial charge on any atom is -0.493 e. The van der Waals surface area contributed by atoms with E-state index in [1.54, 1.807) is 49.6 Å². The molecule has 0 heterocycles. The molecule has 9 heteroatoms. The average Bonchev–Trinajstić information content (AvgIpc) is 2.71. The maximum atomic E-state index is 11.7. The van der Waals surface area contributed by atoms with Gasteiger partial charge in [-0.2, -0.15) is 5.10 Å². The van der Waals surface area contributed by atoms with Crippen molar-refractivity contribution in [2.45, 2.75) is 0 Å². The minimum atomic E-state index is -0.475. The number of hydrogen-bond donors (Lipinski definition) is 2. The van der Waals surface area contributed by atoms with Crippen molar-refractivity contribution in [1.29, 1.82) is 0 Å². The molecule has 0 unspecified atom stereocenters. The third-order valence-corrected chi connectivity index (χ3v) is 3.69. The molecule has 2 rings (SSSR count). The molecule has 2 amide bonds. The molecular weight excluding hydrogens is 386 g/mol. The summed E-state index contributed by atoms with van der Waals surface area (Å²) in [4.78, 5) is 23.4. The van der Waals surface area contributed by atoms with E-state index in [0.29, 0.717) is 27.8 Å². The van der Waals surface area contributed by atoms with Crippen molar-refractivity contribution in [3.8, 4) is 17.2 Å². The normalized spacial score (nSPS) is 10.4. The highest BCUT2D eigenvalue weighted by Crippen LogP contribution is 2.26. The number of carbonyl (C=O) groups is 2. The first kappa shape index (κ1) is 21.0. The van der Waals surface area contributed by atoms with Crippen LogP contribution in [0.4, 0.5) is 0 Å². The van der Waals surface area contributed by atoms with Crippen LogP contribution in [0.2, 0.25) is 5.02 Å². The van der Waals surface area contributed by atoms with E-state index >= 15 is 0 Å². The molecule has 148 valence electrons. The summed E-state index contributed by atoms with van der Waals surface area (Å²) in [5.41, 5.74) is 3.03. The molecule has 0 aliphatic carbocycles. The quantitative estimate of drug-likeness (QED) is 0.491. The molecule has 2 N–H and O–H groups in total. The van der Waals surface area contributed by atoms with E-state index in [-0.39, 0.29) is 13.2 Å². The van der Waals surface area contributed by atoms with Crippen LogP contribution < -0.4 is 25.0 Å². The van der Waals surface area contributed by atoms with Crippen molar-refractivity contribution in [1.82, 2.24) is 10.7 Å². The fourth-order valence-electron chi connectivity index (χ4n) is 2.06. The summed E-state index contributed by atoms with van der Waals surface area (Å²) >= 11 is 5.77. The zero-order valence-electron chi connectivity index (χ0n) is 15.4. The lowest BCUT2D eigenvalue weighted by Crippen LogP contribution is -2.37. The predicted octanol–water partition coefficient (Wildman–Crippen LogP) is 2.00. The number of methoxy groups -OCH3 is 2. The zero-order valence-corrected chi connectivity index (χ0v) is 16.2. The van der Waals surface area contributed by atoms with Crippen LogP contribution in [0, 0.1) is 0 Å². The van der Waals surface area contributed by atoms with Gasteiger partial charge in [0.25, 0.3) is 11.8 Å². The van der Waals surface area contributed by atoms with Crippen LogP contribution in [-0.2, 0) is 9.59 Å². The number of amides is 2. The fourth-order valence-corrected chi connectivity index (χ4v) is 2.19. The van der Waals surface area contributed by atoms with Gasteiger partial charge in [-0.25, -0.2) is 5.43 Å². The van der Waals surface area contributed by atoms with E-state index in [2.05, 4.69) is 15.8 Å². The number of carbonyl (C=O) groups excluding carboxylic acids is 2. The Morgan fingerprint density at radius 2 is 1.75 bits per heavy atom. The van der Waals surface area contributed by atoms with Gasteiger partial charge in [0.1, 0.15) is 5.75 Å². The van der Waals surface area contributed by atoms with Crippen LogP contribution in [0.5, 0.6) is 17.2 Å². The highest BCUT2D eigenvalue weighted by molar-refractivity contribution is 6.30. The van der Waals surface area contributed by atoms with Crippen molar-refractivity contribution in [2.75, 3.05) is 27.4 Å². The maximum absolute atomic E-state index is 11.7. The van der Waals surface area contributed by atoms with E-state index in [1.807, 2.05) is 0 Å². The standard InChI is InChI=1S/C19H20ClN3O5/c1-26-16-8-3-13(9-17(16)27-2)10-22-23-18(24)11-21-19(25)12-28-15-6-4-14(20)5-7-15/h3-10H,11-12H2,1-2H3,(H,21,25)(H,23,24)/b22-10+. The molecule has 0 saturated heterocycles. The van der Waals surface area contributed by atoms with Gasteiger partial charge in [0.2, 0.25) is 0 Å². The molecule has 0 aromatic heterocycles. The lowest BCUT2D eigenvalue weighted by molar-refractivity contribution is -0.127. The van der Waals surface area contributed by atoms with E-state index in [4.69, 9.17) is 25.8 Å². The van der Waals surface area contributed by atoms with Crippen LogP contribution in [0.3, 0.4) is 0 Å². The van der Waals surface area contributed by atoms with Crippen molar-refractivity contribution < 1.29 is 23.8 Å². The fraction of sp³-hybridized carbons (Fsp3) is 0.211. The van der Waals surface area contributed by atoms with Crippen molar-refractivity contribution in [3.63, 3.8) is 0 Å². The van der Waals surface area contributed by atoms with Gasteiger partial charge in [0, 0.05) is 5.02 Å². The van der Waals surface area contributed by atoms with Gasteiger partial charge >= 0.3 is 0 Å². The average molecular weight is 406 g/mol. The smallest absolute Gasteiger partial charge is 0.259 e. The molecule has 28 heavy (non-hydrogen) atoms. The largest absolute Gasteiger partial charge is 0.493 e. The Balaban J connectivity index is 1.72. The van der Waals surface area contributed by atoms with Crippen molar-refractivity contribution in [3.05, 3.63) is 53.1 Å². The Morgan fingerprint density at radius 1 is 1.04 bits per heavy atom. The number of benzene rings is 2. The molecule has 0 saturated carbocycles. The van der Waals surface area contributed by atoms with Gasteiger partial charge in [-0.3, -0.25) is 9.59 Å². The number of ether oxygens (including phenoxy) is 3. The Kier molecular flexibility index (Phi) is 8.11. The van der Waals surface area contributed by atoms with Gasteiger partial charge in [-0.1, -0.05) is 11.6 Å². The van der Waals surface area contributed by atoms with Crippen LogP contribution in [0.15, 0.2) is 47.6 Å². The second kappa shape index (κ2) is 10.8. The monoisotopic (exact) mass is 405 g/mol. The van der Waals surface area contributed by atoms with Crippen molar-refractivity contribution >= 4 is 29.6 Å². The summed E-state index contributed by atoms with van der Waals surface area (Å²) in [5, 5.41) is 6.84. The van der Waals surface area contributed by atoms with E-state index in [0.717, 1.165) is 0 Å². The van der Waals surface area contributed by atoms with Crippen LogP contribution in [0.1, 0.15) is 5.56 Å². The number of nitrogens with one attached hydrogen (secondary N) is 2. The number of rotatable bonds is 9. The second-order valence-electron chi connectivity index (χ2n) is 5.43. The number of nitrogens with zero attached hydrogens (tertiary/aromatic N) is 1. The second-order valence-corrected chi connectivity index (χ2v) is 5.86. The van der Waals surface area contributed by atoms with Gasteiger partial charge in [-0.05, 0) is 48.0 Å². The van der Waals surface area contributed by atoms with Gasteiger partial charge < -0.3 is 19.5 Å². The van der Waals surface area contributed by atoms with Gasteiger partial charge in [-0.15, -0.1) is 0 Å². The summed E-state index contributed by atoms with van der Waals surface area (Å²) in [6.07, 6.45) is 1.45. The number of hydrogen-bond acceptors (Lipinski definition) is 6. The highest BCUT2D eigenvalue weighted by Gasteiger charge is 2.06. The van der Waals surface area contributed by atoms with Crippen LogP contribution in [0.25, 0.3) is 0 Å². The van der Waals surface area contributed by atoms with E-state index in [9.17, 15) is 9.59 Å². The highest BCUT2D eigenvalue weighted by atomic mass is 35.5. The Hall–Kier alpha value is -3.26. The summed E-state index contributed by atoms with van der Waals surface area (Å²) in [7, 11) is 3.07. The molecule has 0 spiro atoms. The summed E-state index contributed by atoms with van der Waals surface area (Å²) in [6, 6.07) is 11.8. The van der Waals surface area contributed by atoms with Crippen LogP contribution in [-0.4, -0.2) is 45.4 Å². The molecule has 2 aromatic rings. The van der Waals surface area contributed by atoms with Gasteiger partial charge in [0.15, 0.2) is 18.1 Å².